The first-order valence-electron chi connectivity index (χ1n) is 8.27. The number of anilines is 2. The van der Waals surface area contributed by atoms with Gasteiger partial charge in [-0.3, -0.25) is 0 Å². The van der Waals surface area contributed by atoms with Gasteiger partial charge in [0.1, 0.15) is 23.0 Å². The number of halogens is 1. The Hall–Kier alpha value is -3.42. The van der Waals surface area contributed by atoms with Gasteiger partial charge in [-0.05, 0) is 30.3 Å². The maximum Gasteiger partial charge on any atom is 0.148 e. The number of rotatable bonds is 1. The van der Waals surface area contributed by atoms with Crippen LogP contribution in [0.2, 0.25) is 0 Å². The van der Waals surface area contributed by atoms with Crippen LogP contribution < -0.4 is 10.6 Å². The second kappa shape index (κ2) is 6.83. The van der Waals surface area contributed by atoms with Crippen molar-refractivity contribution in [1.82, 2.24) is 24.6 Å². The van der Waals surface area contributed by atoms with Crippen LogP contribution in [-0.2, 0) is 13.0 Å². The predicted molar refractivity (Wildman–Crippen MR) is 97.1 cm³/mol. The molecule has 8 heteroatoms. The summed E-state index contributed by atoms with van der Waals surface area (Å²) in [5, 5.41) is 3.86. The van der Waals surface area contributed by atoms with E-state index in [4.69, 9.17) is 5.73 Å². The zero-order valence-electron chi connectivity index (χ0n) is 14.0. The van der Waals surface area contributed by atoms with Crippen LogP contribution in [0.4, 0.5) is 16.0 Å². The summed E-state index contributed by atoms with van der Waals surface area (Å²) in [7, 11) is 0. The van der Waals surface area contributed by atoms with Gasteiger partial charge in [-0.1, -0.05) is 6.07 Å². The minimum absolute atomic E-state index is 0.236. The van der Waals surface area contributed by atoms with Crippen molar-refractivity contribution in [3.05, 3.63) is 72.3 Å². The second-order valence-corrected chi connectivity index (χ2v) is 5.94. The van der Waals surface area contributed by atoms with Gasteiger partial charge in [0.25, 0.3) is 0 Å². The Kier molecular flexibility index (Phi) is 4.22. The maximum absolute atomic E-state index is 12.8. The number of aromatic nitrogens is 5. The molecular formula is C18H18FN7. The predicted octanol–water partition coefficient (Wildman–Crippen LogP) is 2.42. The molecule has 1 aliphatic heterocycles. The van der Waals surface area contributed by atoms with Gasteiger partial charge < -0.3 is 15.6 Å². The van der Waals surface area contributed by atoms with Gasteiger partial charge in [0, 0.05) is 19.2 Å². The number of fused-ring (bicyclic) bond motifs is 2. The summed E-state index contributed by atoms with van der Waals surface area (Å²) in [6, 6.07) is 10.4. The third kappa shape index (κ3) is 3.21. The van der Waals surface area contributed by atoms with Crippen LogP contribution in [0.1, 0.15) is 11.4 Å². The van der Waals surface area contributed by atoms with E-state index in [1.165, 1.54) is 22.0 Å². The number of nitrogens with two attached hydrogens (primary N) is 1. The molecule has 4 aromatic rings. The lowest BCUT2D eigenvalue weighted by molar-refractivity contribution is 0.630. The fourth-order valence-electron chi connectivity index (χ4n) is 2.94. The number of imidazole rings is 1. The van der Waals surface area contributed by atoms with Crippen LogP contribution >= 0.6 is 0 Å². The second-order valence-electron chi connectivity index (χ2n) is 5.94. The van der Waals surface area contributed by atoms with Gasteiger partial charge in [0.15, 0.2) is 0 Å². The number of nitrogens with one attached hydrogen (secondary N) is 1. The van der Waals surface area contributed by atoms with Gasteiger partial charge in [0.05, 0.1) is 30.5 Å². The molecule has 0 spiro atoms. The summed E-state index contributed by atoms with van der Waals surface area (Å²) in [5.41, 5.74) is 8.54. The van der Waals surface area contributed by atoms with Gasteiger partial charge in [-0.15, -0.1) is 0 Å². The van der Waals surface area contributed by atoms with E-state index in [0.29, 0.717) is 11.3 Å². The Morgan fingerprint density at radius 3 is 2.92 bits per heavy atom. The fraction of sp³-hybridized carbons (Fsp3) is 0.167. The van der Waals surface area contributed by atoms with E-state index >= 15 is 0 Å². The lowest BCUT2D eigenvalue weighted by atomic mass is 10.1. The van der Waals surface area contributed by atoms with Crippen LogP contribution in [0, 0.1) is 5.82 Å². The van der Waals surface area contributed by atoms with Crippen molar-refractivity contribution in [2.24, 2.45) is 0 Å². The third-order valence-corrected chi connectivity index (χ3v) is 4.24. The van der Waals surface area contributed by atoms with Crippen LogP contribution in [0.15, 0.2) is 55.1 Å². The summed E-state index contributed by atoms with van der Waals surface area (Å²) in [6.45, 7) is 1.76. The van der Waals surface area contributed by atoms with Gasteiger partial charge >= 0.3 is 0 Å². The average molecular weight is 351 g/mol. The minimum atomic E-state index is -0.236. The first-order valence-corrected chi connectivity index (χ1v) is 8.27. The smallest absolute Gasteiger partial charge is 0.148 e. The Morgan fingerprint density at radius 1 is 1.15 bits per heavy atom. The number of aromatic amines is 1. The van der Waals surface area contributed by atoms with Crippen molar-refractivity contribution in [2.45, 2.75) is 13.0 Å². The molecule has 0 amide bonds. The van der Waals surface area contributed by atoms with E-state index in [1.54, 1.807) is 36.9 Å². The van der Waals surface area contributed by atoms with E-state index in [2.05, 4.69) is 25.0 Å². The summed E-state index contributed by atoms with van der Waals surface area (Å²) in [4.78, 5) is 14.0. The zero-order valence-corrected chi connectivity index (χ0v) is 14.0. The molecule has 0 aliphatic carbocycles. The summed E-state index contributed by atoms with van der Waals surface area (Å²) < 4.78 is 14.3. The third-order valence-electron chi connectivity index (χ3n) is 4.24. The number of pyridine rings is 2. The largest absolute Gasteiger partial charge is 0.384 e. The van der Waals surface area contributed by atoms with Gasteiger partial charge in [-0.25, -0.2) is 18.9 Å². The van der Waals surface area contributed by atoms with Crippen molar-refractivity contribution >= 4 is 17.2 Å². The lowest BCUT2D eigenvalue weighted by Crippen LogP contribution is -2.31. The standard InChI is InChI=1S/C11H13N5.C7H5FN2/c12-10-2-1-3-11(15-10)16-5-4-8-9(6-16)14-7-13-8;8-6-2-1-5-10-7(6)3-4-9-10/h1-3,7H,4-6H2,(H2,12,15)(H,13,14);1-5H. The molecule has 0 radical (unpaired) electrons. The van der Waals surface area contributed by atoms with Crippen molar-refractivity contribution in [2.75, 3.05) is 17.2 Å². The minimum Gasteiger partial charge on any atom is -0.384 e. The number of nitrogen functional groups attached to an aromatic ring is 1. The van der Waals surface area contributed by atoms with E-state index in [9.17, 15) is 4.39 Å². The molecule has 132 valence electrons. The number of hydrogen-bond donors (Lipinski definition) is 2. The molecule has 1 aliphatic rings. The highest BCUT2D eigenvalue weighted by molar-refractivity contribution is 5.47. The molecule has 0 saturated heterocycles. The molecule has 5 heterocycles. The van der Waals surface area contributed by atoms with Crippen LogP contribution in [0.25, 0.3) is 5.52 Å². The molecule has 3 N–H and O–H groups in total. The molecule has 7 nitrogen and oxygen atoms in total. The van der Waals surface area contributed by atoms with E-state index in [0.717, 1.165) is 25.3 Å². The highest BCUT2D eigenvalue weighted by Crippen LogP contribution is 2.21. The number of hydrogen-bond acceptors (Lipinski definition) is 5. The highest BCUT2D eigenvalue weighted by Gasteiger charge is 2.19. The Bertz CT molecular complexity index is 1020. The molecular weight excluding hydrogens is 333 g/mol. The van der Waals surface area contributed by atoms with E-state index < -0.39 is 0 Å². The normalized spacial score (nSPS) is 13.2. The van der Waals surface area contributed by atoms with Crippen molar-refractivity contribution in [3.8, 4) is 0 Å². The molecule has 0 aromatic carbocycles. The highest BCUT2D eigenvalue weighted by atomic mass is 19.1. The first-order chi connectivity index (χ1) is 12.7. The summed E-state index contributed by atoms with van der Waals surface area (Å²) in [6.07, 6.45) is 5.98. The maximum atomic E-state index is 12.8. The van der Waals surface area contributed by atoms with Gasteiger partial charge in [0.2, 0.25) is 0 Å². The molecule has 0 unspecified atom stereocenters. The topological polar surface area (TPSA) is 88.1 Å². The molecule has 0 atom stereocenters. The van der Waals surface area contributed by atoms with Crippen molar-refractivity contribution in [1.29, 1.82) is 0 Å². The Morgan fingerprint density at radius 2 is 2.08 bits per heavy atom. The first kappa shape index (κ1) is 16.1. The Labute approximate surface area is 149 Å². The summed E-state index contributed by atoms with van der Waals surface area (Å²) >= 11 is 0. The molecule has 4 aromatic heterocycles. The van der Waals surface area contributed by atoms with Crippen molar-refractivity contribution < 1.29 is 4.39 Å². The number of nitrogens with zero attached hydrogens (tertiary/aromatic N) is 5. The van der Waals surface area contributed by atoms with E-state index in [1.807, 2.05) is 12.1 Å². The Balaban J connectivity index is 0.000000144. The van der Waals surface area contributed by atoms with Crippen LogP contribution in [0.3, 0.4) is 0 Å². The van der Waals surface area contributed by atoms with Crippen LogP contribution in [-0.4, -0.2) is 31.1 Å². The zero-order chi connectivity index (χ0) is 17.9. The fourth-order valence-corrected chi connectivity index (χ4v) is 2.94. The number of H-pyrrole nitrogens is 1. The molecule has 5 rings (SSSR count). The van der Waals surface area contributed by atoms with Gasteiger partial charge in [-0.2, -0.15) is 5.10 Å². The molecule has 0 bridgehead atoms. The van der Waals surface area contributed by atoms with Crippen LogP contribution in [0.5, 0.6) is 0 Å². The lowest BCUT2D eigenvalue weighted by Gasteiger charge is -2.27. The van der Waals surface area contributed by atoms with E-state index in [-0.39, 0.29) is 5.82 Å². The quantitative estimate of drug-likeness (QED) is 0.550. The average Bonchev–Trinajstić information content (AvgIpc) is 3.31. The monoisotopic (exact) mass is 351 g/mol. The molecule has 0 saturated carbocycles. The summed E-state index contributed by atoms with van der Waals surface area (Å²) in [5.74, 6) is 1.26. The SMILES string of the molecule is Fc1cccn2nccc12.Nc1cccc(N2CCc3nc[nH]c3C2)n1. The molecule has 26 heavy (non-hydrogen) atoms. The molecule has 0 fully saturated rings. The van der Waals surface area contributed by atoms with Crippen molar-refractivity contribution in [3.63, 3.8) is 0 Å².